The fourth-order valence-electron chi connectivity index (χ4n) is 3.16. The highest BCUT2D eigenvalue weighted by molar-refractivity contribution is 5.85. The number of fused-ring (bicyclic) bond motifs is 2. The summed E-state index contributed by atoms with van der Waals surface area (Å²) in [6.45, 7) is 4.92. The van der Waals surface area contributed by atoms with Crippen molar-refractivity contribution in [1.82, 2.24) is 0 Å². The first-order chi connectivity index (χ1) is 5.57. The second kappa shape index (κ2) is 3.41. The highest BCUT2D eigenvalue weighted by Gasteiger charge is 2.56. The van der Waals surface area contributed by atoms with Crippen LogP contribution in [-0.2, 0) is 0 Å². The van der Waals surface area contributed by atoms with Crippen molar-refractivity contribution < 1.29 is 5.11 Å². The first-order valence-corrected chi connectivity index (χ1v) is 4.93. The van der Waals surface area contributed by atoms with Gasteiger partial charge in [0.05, 0.1) is 0 Å². The van der Waals surface area contributed by atoms with Crippen molar-refractivity contribution in [1.29, 1.82) is 0 Å². The summed E-state index contributed by atoms with van der Waals surface area (Å²) in [7, 11) is 0. The third kappa shape index (κ3) is 1.39. The molecule has 0 saturated heterocycles. The molecule has 0 aromatic heterocycles. The Morgan fingerprint density at radius 3 is 2.38 bits per heavy atom. The van der Waals surface area contributed by atoms with E-state index in [9.17, 15) is 0 Å². The summed E-state index contributed by atoms with van der Waals surface area (Å²) in [6, 6.07) is 0.245. The number of halogens is 1. The molecule has 3 rings (SSSR count). The van der Waals surface area contributed by atoms with E-state index in [4.69, 9.17) is 10.8 Å². The van der Waals surface area contributed by atoms with E-state index >= 15 is 0 Å². The molecule has 0 heterocycles. The Morgan fingerprint density at radius 1 is 1.38 bits per heavy atom. The van der Waals surface area contributed by atoms with Gasteiger partial charge in [0.1, 0.15) is 0 Å². The van der Waals surface area contributed by atoms with Gasteiger partial charge in [-0.15, -0.1) is 12.4 Å². The van der Waals surface area contributed by atoms with Gasteiger partial charge in [-0.25, -0.2) is 0 Å². The van der Waals surface area contributed by atoms with Crippen LogP contribution in [0.25, 0.3) is 0 Å². The maximum absolute atomic E-state index is 9.09. The fourth-order valence-corrected chi connectivity index (χ4v) is 3.16. The van der Waals surface area contributed by atoms with Crippen LogP contribution in [0.4, 0.5) is 0 Å². The quantitative estimate of drug-likeness (QED) is 0.680. The largest absolute Gasteiger partial charge is 0.396 e. The van der Waals surface area contributed by atoms with Crippen molar-refractivity contribution in [2.24, 2.45) is 28.9 Å². The maximum Gasteiger partial charge on any atom is 0.0474 e. The molecule has 78 valence electrons. The van der Waals surface area contributed by atoms with Crippen LogP contribution in [0.5, 0.6) is 0 Å². The number of aliphatic hydroxyl groups excluding tert-OH is 1. The molecule has 0 spiro atoms. The Morgan fingerprint density at radius 2 is 2.00 bits per heavy atom. The molecule has 3 N–H and O–H groups in total. The van der Waals surface area contributed by atoms with Gasteiger partial charge in [0.15, 0.2) is 0 Å². The fraction of sp³-hybridized carbons (Fsp3) is 1.00. The van der Waals surface area contributed by atoms with Crippen LogP contribution in [-0.4, -0.2) is 17.8 Å². The summed E-state index contributed by atoms with van der Waals surface area (Å²) < 4.78 is 0. The van der Waals surface area contributed by atoms with Gasteiger partial charge >= 0.3 is 0 Å². The molecule has 2 bridgehead atoms. The summed E-state index contributed by atoms with van der Waals surface area (Å²) in [4.78, 5) is 0. The van der Waals surface area contributed by atoms with E-state index in [0.29, 0.717) is 17.3 Å². The predicted molar refractivity (Wildman–Crippen MR) is 55.8 cm³/mol. The van der Waals surface area contributed by atoms with Crippen molar-refractivity contribution in [3.8, 4) is 0 Å². The second-order valence-corrected chi connectivity index (χ2v) is 5.12. The van der Waals surface area contributed by atoms with Gasteiger partial charge in [-0.05, 0) is 36.0 Å². The van der Waals surface area contributed by atoms with E-state index in [1.165, 1.54) is 6.42 Å². The van der Waals surface area contributed by atoms with Crippen molar-refractivity contribution in [3.63, 3.8) is 0 Å². The summed E-state index contributed by atoms with van der Waals surface area (Å²) in [5.41, 5.74) is 6.54. The Labute approximate surface area is 86.3 Å². The second-order valence-electron chi connectivity index (χ2n) is 5.12. The lowest BCUT2D eigenvalue weighted by Crippen LogP contribution is -2.61. The SMILES string of the molecule is CC1(C)[C@@H]2C[C@H](CO)[C@@H](N)[C@H]1C2.Cl. The van der Waals surface area contributed by atoms with Gasteiger partial charge in [0, 0.05) is 12.6 Å². The molecule has 2 nitrogen and oxygen atoms in total. The number of rotatable bonds is 1. The van der Waals surface area contributed by atoms with Crippen LogP contribution in [0.1, 0.15) is 26.7 Å². The van der Waals surface area contributed by atoms with Crippen molar-refractivity contribution in [2.75, 3.05) is 6.61 Å². The lowest BCUT2D eigenvalue weighted by molar-refractivity contribution is -0.113. The molecule has 3 saturated carbocycles. The van der Waals surface area contributed by atoms with E-state index in [0.717, 1.165) is 12.3 Å². The monoisotopic (exact) mass is 205 g/mol. The molecular weight excluding hydrogens is 186 g/mol. The number of nitrogens with two attached hydrogens (primary N) is 1. The molecule has 3 aliphatic rings. The average molecular weight is 206 g/mol. The van der Waals surface area contributed by atoms with Crippen LogP contribution < -0.4 is 5.73 Å². The normalized spacial score (nSPS) is 46.2. The number of hydrogen-bond donors (Lipinski definition) is 2. The Hall–Kier alpha value is 0.210. The molecule has 0 unspecified atom stereocenters. The Bertz CT molecular complexity index is 195. The van der Waals surface area contributed by atoms with Crippen LogP contribution >= 0.6 is 12.4 Å². The summed E-state index contributed by atoms with van der Waals surface area (Å²) in [5, 5.41) is 9.09. The van der Waals surface area contributed by atoms with Crippen LogP contribution in [0.15, 0.2) is 0 Å². The molecule has 0 aliphatic heterocycles. The third-order valence-electron chi connectivity index (χ3n) is 4.38. The molecule has 13 heavy (non-hydrogen) atoms. The topological polar surface area (TPSA) is 46.2 Å². The predicted octanol–water partition coefficient (Wildman–Crippen LogP) is 1.41. The zero-order valence-electron chi connectivity index (χ0n) is 8.36. The van der Waals surface area contributed by atoms with Gasteiger partial charge in [-0.3, -0.25) is 0 Å². The zero-order valence-corrected chi connectivity index (χ0v) is 9.18. The lowest BCUT2D eigenvalue weighted by Gasteiger charge is -2.61. The van der Waals surface area contributed by atoms with E-state index in [2.05, 4.69) is 13.8 Å². The van der Waals surface area contributed by atoms with Crippen LogP contribution in [0.3, 0.4) is 0 Å². The van der Waals surface area contributed by atoms with Gasteiger partial charge < -0.3 is 10.8 Å². The first kappa shape index (κ1) is 11.3. The van der Waals surface area contributed by atoms with Crippen molar-refractivity contribution >= 4 is 12.4 Å². The zero-order chi connectivity index (χ0) is 8.93. The van der Waals surface area contributed by atoms with Gasteiger partial charge in [0.2, 0.25) is 0 Å². The first-order valence-electron chi connectivity index (χ1n) is 4.93. The number of hydrogen-bond acceptors (Lipinski definition) is 2. The molecule has 3 aliphatic carbocycles. The maximum atomic E-state index is 9.09. The molecular formula is C10H20ClNO. The smallest absolute Gasteiger partial charge is 0.0474 e. The molecule has 3 heteroatoms. The minimum Gasteiger partial charge on any atom is -0.396 e. The minimum atomic E-state index is 0. The molecule has 0 aromatic rings. The minimum absolute atomic E-state index is 0. The van der Waals surface area contributed by atoms with Crippen molar-refractivity contribution in [3.05, 3.63) is 0 Å². The van der Waals surface area contributed by atoms with Gasteiger partial charge in [-0.2, -0.15) is 0 Å². The standard InChI is InChI=1S/C10H19NO.ClH/c1-10(2)7-3-6(5-12)9(11)8(10)4-7;/h6-9,12H,3-5,11H2,1-2H3;1H/t6-,7-,8-,9-;/m1./s1. The summed E-state index contributed by atoms with van der Waals surface area (Å²) in [6.07, 6.45) is 2.44. The van der Waals surface area contributed by atoms with Gasteiger partial charge in [-0.1, -0.05) is 13.8 Å². The van der Waals surface area contributed by atoms with E-state index < -0.39 is 0 Å². The highest BCUT2D eigenvalue weighted by atomic mass is 35.5. The van der Waals surface area contributed by atoms with E-state index in [1.54, 1.807) is 0 Å². The molecule has 4 atom stereocenters. The molecule has 0 aromatic carbocycles. The summed E-state index contributed by atoms with van der Waals surface area (Å²) >= 11 is 0. The van der Waals surface area contributed by atoms with E-state index in [1.807, 2.05) is 0 Å². The van der Waals surface area contributed by atoms with Crippen molar-refractivity contribution in [2.45, 2.75) is 32.7 Å². The van der Waals surface area contributed by atoms with Gasteiger partial charge in [0.25, 0.3) is 0 Å². The Balaban J connectivity index is 0.000000845. The molecule has 0 amide bonds. The van der Waals surface area contributed by atoms with E-state index in [-0.39, 0.29) is 25.1 Å². The molecule has 3 fully saturated rings. The number of aliphatic hydroxyl groups is 1. The van der Waals surface area contributed by atoms with Crippen LogP contribution in [0, 0.1) is 23.2 Å². The summed E-state index contributed by atoms with van der Waals surface area (Å²) in [5.74, 6) is 1.86. The average Bonchev–Trinajstić information content (AvgIpc) is 2.03. The van der Waals surface area contributed by atoms with Crippen LogP contribution in [0.2, 0.25) is 0 Å². The molecule has 0 radical (unpaired) electrons. The lowest BCUT2D eigenvalue weighted by atomic mass is 9.45. The third-order valence-corrected chi connectivity index (χ3v) is 4.38. The highest BCUT2D eigenvalue weighted by Crippen LogP contribution is 2.59. The Kier molecular flexibility index (Phi) is 2.96.